The number of fused-ring (bicyclic) bond motifs is 2. The highest BCUT2D eigenvalue weighted by Crippen LogP contribution is 2.32. The van der Waals surface area contributed by atoms with Crippen LogP contribution in [0.4, 0.5) is 5.69 Å². The maximum atomic E-state index is 12.9. The van der Waals surface area contributed by atoms with Gasteiger partial charge in [0, 0.05) is 18.5 Å². The van der Waals surface area contributed by atoms with Crippen molar-refractivity contribution < 1.29 is 14.3 Å². The van der Waals surface area contributed by atoms with E-state index in [1.54, 1.807) is 41.4 Å². The third kappa shape index (κ3) is 3.58. The summed E-state index contributed by atoms with van der Waals surface area (Å²) < 4.78 is 13.6. The maximum absolute atomic E-state index is 12.9. The number of Topliss-reactive ketones (excluding diaryl/α,β-unsaturated/α-hetero) is 1. The number of thioether (sulfide) groups is 1. The second-order valence-corrected chi connectivity index (χ2v) is 7.92. The second kappa shape index (κ2) is 7.72. The first-order chi connectivity index (χ1) is 13.2. The number of nitrogens with one attached hydrogen (secondary N) is 1. The lowest BCUT2D eigenvalue weighted by atomic mass is 10.00. The van der Waals surface area contributed by atoms with Crippen molar-refractivity contribution in [3.05, 3.63) is 59.8 Å². The Balaban J connectivity index is 1.64. The first-order valence-electron chi connectivity index (χ1n) is 8.52. The Morgan fingerprint density at radius 2 is 2.19 bits per heavy atom. The van der Waals surface area contributed by atoms with Crippen molar-refractivity contribution in [2.45, 2.75) is 17.6 Å². The van der Waals surface area contributed by atoms with E-state index in [0.717, 1.165) is 20.2 Å². The van der Waals surface area contributed by atoms with Crippen molar-refractivity contribution >= 4 is 44.8 Å². The molecule has 5 nitrogen and oxygen atoms in total. The number of hydrogen-bond donors (Lipinski definition) is 1. The molecule has 0 saturated carbocycles. The van der Waals surface area contributed by atoms with Crippen LogP contribution in [0.25, 0.3) is 10.2 Å². The predicted octanol–water partition coefficient (Wildman–Crippen LogP) is 4.95. The van der Waals surface area contributed by atoms with Crippen LogP contribution in [-0.2, 0) is 4.74 Å². The average molecular weight is 399 g/mol. The van der Waals surface area contributed by atoms with Gasteiger partial charge < -0.3 is 14.8 Å². The van der Waals surface area contributed by atoms with Crippen molar-refractivity contribution in [1.82, 2.24) is 4.98 Å². The molecule has 0 unspecified atom stereocenters. The molecule has 0 bridgehead atoms. The van der Waals surface area contributed by atoms with Gasteiger partial charge in [-0.15, -0.1) is 11.3 Å². The summed E-state index contributed by atoms with van der Waals surface area (Å²) in [5.74, 6) is 0.458. The van der Waals surface area contributed by atoms with Crippen molar-refractivity contribution in [2.75, 3.05) is 18.2 Å². The average Bonchev–Trinajstić information content (AvgIpc) is 3.10. The maximum Gasteiger partial charge on any atom is 0.232 e. The van der Waals surface area contributed by atoms with E-state index in [4.69, 9.17) is 9.47 Å². The number of hydrogen-bond acceptors (Lipinski definition) is 7. The topological polar surface area (TPSA) is 60.5 Å². The van der Waals surface area contributed by atoms with E-state index in [9.17, 15) is 4.79 Å². The SMILES string of the molecule is CCO[C@@H]1Oc2ccccc2C(=O)/C1=C/Nc1ccc2nc(SC)sc2c1. The summed E-state index contributed by atoms with van der Waals surface area (Å²) in [6.07, 6.45) is 2.97. The van der Waals surface area contributed by atoms with Crippen LogP contribution in [0.2, 0.25) is 0 Å². The van der Waals surface area contributed by atoms with Gasteiger partial charge in [-0.05, 0) is 43.5 Å². The van der Waals surface area contributed by atoms with Gasteiger partial charge in [0.05, 0.1) is 21.4 Å². The predicted molar refractivity (Wildman–Crippen MR) is 110 cm³/mol. The number of benzene rings is 2. The summed E-state index contributed by atoms with van der Waals surface area (Å²) in [7, 11) is 0. The molecule has 4 rings (SSSR count). The molecule has 1 atom stereocenters. The molecule has 0 radical (unpaired) electrons. The summed E-state index contributed by atoms with van der Waals surface area (Å²) in [4.78, 5) is 17.4. The number of rotatable bonds is 5. The van der Waals surface area contributed by atoms with Crippen LogP contribution in [-0.4, -0.2) is 29.9 Å². The zero-order valence-corrected chi connectivity index (χ0v) is 16.5. The van der Waals surface area contributed by atoms with Gasteiger partial charge in [-0.2, -0.15) is 0 Å². The summed E-state index contributed by atoms with van der Waals surface area (Å²) in [5.41, 5.74) is 2.85. The Labute approximate surface area is 165 Å². The van der Waals surface area contributed by atoms with Crippen LogP contribution < -0.4 is 10.1 Å². The molecule has 0 aliphatic carbocycles. The lowest BCUT2D eigenvalue weighted by Crippen LogP contribution is -2.33. The van der Waals surface area contributed by atoms with Crippen molar-refractivity contribution in [1.29, 1.82) is 0 Å². The van der Waals surface area contributed by atoms with Gasteiger partial charge in [-0.1, -0.05) is 23.9 Å². The van der Waals surface area contributed by atoms with Gasteiger partial charge in [0.1, 0.15) is 5.75 Å². The molecule has 1 aromatic heterocycles. The number of nitrogens with zero attached hydrogens (tertiary/aromatic N) is 1. The molecule has 2 heterocycles. The fourth-order valence-corrected chi connectivity index (χ4v) is 4.38. The van der Waals surface area contributed by atoms with E-state index in [0.29, 0.717) is 23.5 Å². The van der Waals surface area contributed by atoms with E-state index in [-0.39, 0.29) is 5.78 Å². The number of ether oxygens (including phenoxy) is 2. The van der Waals surface area contributed by atoms with E-state index in [1.165, 1.54) is 0 Å². The van der Waals surface area contributed by atoms with Gasteiger partial charge >= 0.3 is 0 Å². The number of anilines is 1. The normalized spacial score (nSPS) is 17.8. The Morgan fingerprint density at radius 3 is 3.00 bits per heavy atom. The molecule has 0 saturated heterocycles. The third-order valence-electron chi connectivity index (χ3n) is 4.14. The molecule has 0 amide bonds. The largest absolute Gasteiger partial charge is 0.460 e. The summed E-state index contributed by atoms with van der Waals surface area (Å²) in [6, 6.07) is 13.2. The summed E-state index contributed by atoms with van der Waals surface area (Å²) in [5, 5.41) is 3.21. The quantitative estimate of drug-likeness (QED) is 0.485. The molecule has 1 aliphatic rings. The van der Waals surface area contributed by atoms with Gasteiger partial charge in [-0.3, -0.25) is 4.79 Å². The highest BCUT2D eigenvalue weighted by atomic mass is 32.2. The molecule has 0 fully saturated rings. The molecular formula is C20H18N2O3S2. The van der Waals surface area contributed by atoms with E-state index in [2.05, 4.69) is 10.3 Å². The van der Waals surface area contributed by atoms with Crippen LogP contribution in [0.5, 0.6) is 5.75 Å². The van der Waals surface area contributed by atoms with Gasteiger partial charge in [0.15, 0.2) is 10.1 Å². The molecule has 7 heteroatoms. The molecule has 1 N–H and O–H groups in total. The van der Waals surface area contributed by atoms with Gasteiger partial charge in [0.2, 0.25) is 6.29 Å². The monoisotopic (exact) mass is 398 g/mol. The molecule has 1 aliphatic heterocycles. The molecule has 3 aromatic rings. The van der Waals surface area contributed by atoms with Crippen LogP contribution in [0.3, 0.4) is 0 Å². The zero-order valence-electron chi connectivity index (χ0n) is 14.9. The number of carbonyl (C=O) groups is 1. The Hall–Kier alpha value is -2.35. The number of carbonyl (C=O) groups excluding carboxylic acids is 1. The minimum absolute atomic E-state index is 0.0914. The van der Waals surface area contributed by atoms with E-state index < -0.39 is 6.29 Å². The third-order valence-corrected chi connectivity index (χ3v) is 6.14. The molecule has 138 valence electrons. The highest BCUT2D eigenvalue weighted by Gasteiger charge is 2.32. The minimum atomic E-state index is -0.722. The zero-order chi connectivity index (χ0) is 18.8. The van der Waals surface area contributed by atoms with E-state index >= 15 is 0 Å². The van der Waals surface area contributed by atoms with Crippen molar-refractivity contribution in [3.8, 4) is 5.75 Å². The van der Waals surface area contributed by atoms with Crippen molar-refractivity contribution in [2.24, 2.45) is 0 Å². The number of para-hydroxylation sites is 1. The van der Waals surface area contributed by atoms with Crippen molar-refractivity contribution in [3.63, 3.8) is 0 Å². The van der Waals surface area contributed by atoms with Crippen LogP contribution in [0.15, 0.2) is 58.6 Å². The summed E-state index contributed by atoms with van der Waals surface area (Å²) >= 11 is 3.28. The highest BCUT2D eigenvalue weighted by molar-refractivity contribution is 8.00. The number of aromatic nitrogens is 1. The molecule has 2 aromatic carbocycles. The first-order valence-corrected chi connectivity index (χ1v) is 10.6. The fraction of sp³-hybridized carbons (Fsp3) is 0.200. The molecule has 27 heavy (non-hydrogen) atoms. The van der Waals surface area contributed by atoms with E-state index in [1.807, 2.05) is 43.5 Å². The Kier molecular flexibility index (Phi) is 5.15. The Bertz CT molecular complexity index is 1030. The molecular weight excluding hydrogens is 380 g/mol. The lowest BCUT2D eigenvalue weighted by molar-refractivity contribution is -0.0509. The van der Waals surface area contributed by atoms with Gasteiger partial charge in [-0.25, -0.2) is 4.98 Å². The number of ketones is 1. The second-order valence-electron chi connectivity index (χ2n) is 5.84. The number of thiazole rings is 1. The van der Waals surface area contributed by atoms with Crippen LogP contribution in [0.1, 0.15) is 17.3 Å². The Morgan fingerprint density at radius 1 is 1.33 bits per heavy atom. The fourth-order valence-electron chi connectivity index (χ4n) is 2.85. The standard InChI is InChI=1S/C20H18N2O3S2/c1-3-24-19-14(18(23)13-6-4-5-7-16(13)25-19)11-21-12-8-9-15-17(10-12)27-20(22-15)26-2/h4-11,19,21H,3H2,1-2H3/b14-11-/t19-/m1/s1. The van der Waals surface area contributed by atoms with Gasteiger partial charge in [0.25, 0.3) is 0 Å². The minimum Gasteiger partial charge on any atom is -0.460 e. The smallest absolute Gasteiger partial charge is 0.232 e. The molecule has 0 spiro atoms. The van der Waals surface area contributed by atoms with Crippen LogP contribution in [0, 0.1) is 0 Å². The van der Waals surface area contributed by atoms with Crippen LogP contribution >= 0.6 is 23.1 Å². The lowest BCUT2D eigenvalue weighted by Gasteiger charge is -2.27. The first kappa shape index (κ1) is 18.0. The summed E-state index contributed by atoms with van der Waals surface area (Å²) in [6.45, 7) is 2.32.